The maximum absolute atomic E-state index is 14.0. The van der Waals surface area contributed by atoms with Gasteiger partial charge in [0.2, 0.25) is 0 Å². The molecular formula is C23H23F2N3O. The van der Waals surface area contributed by atoms with Crippen molar-refractivity contribution < 1.29 is 13.6 Å². The van der Waals surface area contributed by atoms with Crippen LogP contribution in [0.5, 0.6) is 0 Å². The topological polar surface area (TPSA) is 46.9 Å². The number of rotatable bonds is 4. The van der Waals surface area contributed by atoms with Gasteiger partial charge in [0.05, 0.1) is 24.3 Å². The standard InChI is InChI=1S/C23H23F2N3O/c1-23(2)11-20(27-22(29)17-9-8-16(24)10-19(17)25)18-13-26-28(21(18)12-23)14-15-6-4-3-5-7-15/h3-10,13,20H,11-12,14H2,1-2H3,(H,27,29). The summed E-state index contributed by atoms with van der Waals surface area (Å²) in [5.41, 5.74) is 2.97. The Balaban J connectivity index is 1.62. The smallest absolute Gasteiger partial charge is 0.254 e. The number of nitrogens with one attached hydrogen (secondary N) is 1. The van der Waals surface area contributed by atoms with Gasteiger partial charge in [-0.25, -0.2) is 8.78 Å². The zero-order valence-corrected chi connectivity index (χ0v) is 16.5. The Hall–Kier alpha value is -3.02. The molecular weight excluding hydrogens is 372 g/mol. The van der Waals surface area contributed by atoms with Gasteiger partial charge in [0, 0.05) is 17.3 Å². The molecule has 1 N–H and O–H groups in total. The van der Waals surface area contributed by atoms with Gasteiger partial charge in [0.1, 0.15) is 11.6 Å². The minimum atomic E-state index is -0.863. The van der Waals surface area contributed by atoms with E-state index in [-0.39, 0.29) is 17.0 Å². The Bertz CT molecular complexity index is 1040. The second kappa shape index (κ2) is 7.43. The van der Waals surface area contributed by atoms with Crippen molar-refractivity contribution in [1.29, 1.82) is 0 Å². The first kappa shape index (κ1) is 19.3. The summed E-state index contributed by atoms with van der Waals surface area (Å²) in [6.07, 6.45) is 3.34. The van der Waals surface area contributed by atoms with Crippen molar-refractivity contribution in [3.63, 3.8) is 0 Å². The SMILES string of the molecule is CC1(C)Cc2c(cnn2Cc2ccccc2)C(NC(=O)c2ccc(F)cc2F)C1. The summed E-state index contributed by atoms with van der Waals surface area (Å²) in [6.45, 7) is 4.94. The molecule has 1 amide bonds. The largest absolute Gasteiger partial charge is 0.345 e. The van der Waals surface area contributed by atoms with Gasteiger partial charge >= 0.3 is 0 Å². The molecule has 0 spiro atoms. The third-order valence-electron chi connectivity index (χ3n) is 5.42. The first-order valence-electron chi connectivity index (χ1n) is 9.67. The van der Waals surface area contributed by atoms with Crippen LogP contribution in [0.25, 0.3) is 0 Å². The van der Waals surface area contributed by atoms with Crippen LogP contribution in [0.1, 0.15) is 53.5 Å². The Morgan fingerprint density at radius 3 is 2.69 bits per heavy atom. The minimum Gasteiger partial charge on any atom is -0.345 e. The van der Waals surface area contributed by atoms with Crippen LogP contribution >= 0.6 is 0 Å². The Labute approximate surface area is 168 Å². The Morgan fingerprint density at radius 2 is 1.97 bits per heavy atom. The molecule has 1 unspecified atom stereocenters. The number of benzene rings is 2. The van der Waals surface area contributed by atoms with Crippen LogP contribution in [0.2, 0.25) is 0 Å². The minimum absolute atomic E-state index is 0.0548. The number of amides is 1. The highest BCUT2D eigenvalue weighted by atomic mass is 19.1. The average Bonchev–Trinajstić information content (AvgIpc) is 3.04. The molecule has 1 aliphatic rings. The molecule has 4 nitrogen and oxygen atoms in total. The molecule has 29 heavy (non-hydrogen) atoms. The molecule has 0 bridgehead atoms. The second-order valence-electron chi connectivity index (χ2n) is 8.39. The molecule has 0 aliphatic heterocycles. The summed E-state index contributed by atoms with van der Waals surface area (Å²) in [5, 5.41) is 7.49. The summed E-state index contributed by atoms with van der Waals surface area (Å²) in [5.74, 6) is -2.12. The van der Waals surface area contributed by atoms with E-state index in [1.807, 2.05) is 22.9 Å². The number of hydrogen-bond acceptors (Lipinski definition) is 2. The molecule has 6 heteroatoms. The fourth-order valence-electron chi connectivity index (χ4n) is 4.03. The first-order valence-corrected chi connectivity index (χ1v) is 9.67. The Kier molecular flexibility index (Phi) is 4.94. The normalized spacial score (nSPS) is 17.6. The number of halogens is 2. The van der Waals surface area contributed by atoms with Gasteiger partial charge in [0.15, 0.2) is 0 Å². The summed E-state index contributed by atoms with van der Waals surface area (Å²) in [6, 6.07) is 12.8. The predicted molar refractivity (Wildman–Crippen MR) is 106 cm³/mol. The highest BCUT2D eigenvalue weighted by Gasteiger charge is 2.36. The highest BCUT2D eigenvalue weighted by molar-refractivity contribution is 5.94. The molecule has 1 aliphatic carbocycles. The molecule has 1 heterocycles. The van der Waals surface area contributed by atoms with Crippen LogP contribution in [0.15, 0.2) is 54.7 Å². The van der Waals surface area contributed by atoms with Crippen LogP contribution in [-0.4, -0.2) is 15.7 Å². The fourth-order valence-corrected chi connectivity index (χ4v) is 4.03. The van der Waals surface area contributed by atoms with Gasteiger partial charge in [-0.15, -0.1) is 0 Å². The van der Waals surface area contributed by atoms with E-state index in [0.717, 1.165) is 35.4 Å². The van der Waals surface area contributed by atoms with Crippen LogP contribution in [0.4, 0.5) is 8.78 Å². The first-order chi connectivity index (χ1) is 13.8. The van der Waals surface area contributed by atoms with Crippen molar-refractivity contribution in [3.05, 3.63) is 88.7 Å². The molecule has 0 radical (unpaired) electrons. The van der Waals surface area contributed by atoms with Crippen molar-refractivity contribution in [2.45, 2.75) is 39.3 Å². The molecule has 1 aromatic heterocycles. The van der Waals surface area contributed by atoms with Gasteiger partial charge in [0.25, 0.3) is 5.91 Å². The number of aromatic nitrogens is 2. The number of nitrogens with zero attached hydrogens (tertiary/aromatic N) is 2. The third-order valence-corrected chi connectivity index (χ3v) is 5.42. The van der Waals surface area contributed by atoms with Crippen molar-refractivity contribution in [1.82, 2.24) is 15.1 Å². The lowest BCUT2D eigenvalue weighted by Gasteiger charge is -2.36. The Morgan fingerprint density at radius 1 is 1.21 bits per heavy atom. The van der Waals surface area contributed by atoms with E-state index in [9.17, 15) is 13.6 Å². The quantitative estimate of drug-likeness (QED) is 0.699. The molecule has 1 atom stereocenters. The van der Waals surface area contributed by atoms with Crippen molar-refractivity contribution >= 4 is 5.91 Å². The lowest BCUT2D eigenvalue weighted by Crippen LogP contribution is -2.37. The molecule has 0 fully saturated rings. The summed E-state index contributed by atoms with van der Waals surface area (Å²) in [7, 11) is 0. The molecule has 2 aromatic carbocycles. The van der Waals surface area contributed by atoms with Crippen LogP contribution in [0.3, 0.4) is 0 Å². The van der Waals surface area contributed by atoms with Crippen LogP contribution < -0.4 is 5.32 Å². The average molecular weight is 395 g/mol. The number of fused-ring (bicyclic) bond motifs is 1. The van der Waals surface area contributed by atoms with E-state index >= 15 is 0 Å². The summed E-state index contributed by atoms with van der Waals surface area (Å²) in [4.78, 5) is 12.7. The predicted octanol–water partition coefficient (Wildman–Crippen LogP) is 4.65. The van der Waals surface area contributed by atoms with Gasteiger partial charge in [-0.3, -0.25) is 9.48 Å². The lowest BCUT2D eigenvalue weighted by molar-refractivity contribution is 0.0915. The zero-order chi connectivity index (χ0) is 20.6. The number of hydrogen-bond donors (Lipinski definition) is 1. The zero-order valence-electron chi connectivity index (χ0n) is 16.5. The molecule has 150 valence electrons. The monoisotopic (exact) mass is 395 g/mol. The molecule has 0 saturated heterocycles. The van der Waals surface area contributed by atoms with Gasteiger partial charge in [-0.05, 0) is 36.0 Å². The van der Waals surface area contributed by atoms with E-state index in [2.05, 4.69) is 36.4 Å². The van der Waals surface area contributed by atoms with Crippen LogP contribution in [0, 0.1) is 17.0 Å². The van der Waals surface area contributed by atoms with E-state index in [4.69, 9.17) is 0 Å². The van der Waals surface area contributed by atoms with Gasteiger partial charge in [-0.1, -0.05) is 44.2 Å². The summed E-state index contributed by atoms with van der Waals surface area (Å²) >= 11 is 0. The van der Waals surface area contributed by atoms with E-state index < -0.39 is 17.5 Å². The number of carbonyl (C=O) groups is 1. The summed E-state index contributed by atoms with van der Waals surface area (Å²) < 4.78 is 29.2. The highest BCUT2D eigenvalue weighted by Crippen LogP contribution is 2.41. The number of carbonyl (C=O) groups excluding carboxylic acids is 1. The lowest BCUT2D eigenvalue weighted by atomic mass is 9.74. The molecule has 3 aromatic rings. The van der Waals surface area contributed by atoms with E-state index in [0.29, 0.717) is 13.0 Å². The van der Waals surface area contributed by atoms with Crippen molar-refractivity contribution in [3.8, 4) is 0 Å². The maximum Gasteiger partial charge on any atom is 0.254 e. The second-order valence-corrected chi connectivity index (χ2v) is 8.39. The fraction of sp³-hybridized carbons (Fsp3) is 0.304. The van der Waals surface area contributed by atoms with E-state index in [1.165, 1.54) is 6.07 Å². The van der Waals surface area contributed by atoms with Crippen molar-refractivity contribution in [2.75, 3.05) is 0 Å². The van der Waals surface area contributed by atoms with E-state index in [1.54, 1.807) is 6.20 Å². The molecule has 4 rings (SSSR count). The van der Waals surface area contributed by atoms with Crippen molar-refractivity contribution in [2.24, 2.45) is 5.41 Å². The van der Waals surface area contributed by atoms with Crippen LogP contribution in [-0.2, 0) is 13.0 Å². The molecule has 0 saturated carbocycles. The maximum atomic E-state index is 14.0. The van der Waals surface area contributed by atoms with Gasteiger partial charge < -0.3 is 5.32 Å². The van der Waals surface area contributed by atoms with Gasteiger partial charge in [-0.2, -0.15) is 5.10 Å². The third kappa shape index (κ3) is 4.06.